The Hall–Kier alpha value is -1.85. The molecule has 6 heteroatoms. The summed E-state index contributed by atoms with van der Waals surface area (Å²) in [6.45, 7) is 11.9. The molecule has 34 heavy (non-hydrogen) atoms. The lowest BCUT2D eigenvalue weighted by atomic mass is 9.71. The largest absolute Gasteiger partial charge is 0.462 e. The van der Waals surface area contributed by atoms with Gasteiger partial charge in [-0.3, -0.25) is 4.79 Å². The normalized spacial score (nSPS) is 19.0. The van der Waals surface area contributed by atoms with Crippen molar-refractivity contribution in [3.63, 3.8) is 0 Å². The maximum absolute atomic E-state index is 13.9. The molecule has 0 fully saturated rings. The minimum Gasteiger partial charge on any atom is -0.462 e. The minimum absolute atomic E-state index is 0.205. The SMILES string of the molecule is CC(=O)OC/C=C(\C)CCC(Cl)/C(C)=C/C(C1=C(C)CCCC1(C)C)S(=O)(=O)c1ccccc1. The second-order valence-electron chi connectivity index (χ2n) is 9.98. The van der Waals surface area contributed by atoms with Crippen molar-refractivity contribution in [3.05, 3.63) is 64.8 Å². The van der Waals surface area contributed by atoms with Gasteiger partial charge in [0.15, 0.2) is 9.84 Å². The summed E-state index contributed by atoms with van der Waals surface area (Å²) >= 11 is 6.75. The molecule has 1 aliphatic carbocycles. The molecule has 0 spiro atoms. The molecule has 1 aliphatic rings. The quantitative estimate of drug-likeness (QED) is 0.191. The first-order valence-corrected chi connectivity index (χ1v) is 13.9. The molecule has 0 saturated heterocycles. The maximum atomic E-state index is 13.9. The zero-order chi connectivity index (χ0) is 25.5. The summed E-state index contributed by atoms with van der Waals surface area (Å²) in [6, 6.07) is 8.71. The highest BCUT2D eigenvalue weighted by Crippen LogP contribution is 2.45. The van der Waals surface area contributed by atoms with Crippen molar-refractivity contribution in [2.24, 2.45) is 5.41 Å². The zero-order valence-corrected chi connectivity index (χ0v) is 22.9. The van der Waals surface area contributed by atoms with E-state index in [9.17, 15) is 13.2 Å². The van der Waals surface area contributed by atoms with E-state index in [-0.39, 0.29) is 23.4 Å². The molecule has 0 aliphatic heterocycles. The topological polar surface area (TPSA) is 60.4 Å². The second kappa shape index (κ2) is 12.2. The van der Waals surface area contributed by atoms with Gasteiger partial charge in [0.1, 0.15) is 11.9 Å². The molecule has 0 heterocycles. The Balaban J connectivity index is 2.37. The second-order valence-corrected chi connectivity index (χ2v) is 12.6. The van der Waals surface area contributed by atoms with Gasteiger partial charge in [-0.1, -0.05) is 54.8 Å². The molecule has 0 amide bonds. The van der Waals surface area contributed by atoms with Crippen LogP contribution >= 0.6 is 11.6 Å². The zero-order valence-electron chi connectivity index (χ0n) is 21.4. The molecule has 1 aromatic carbocycles. The third-order valence-electron chi connectivity index (χ3n) is 6.65. The van der Waals surface area contributed by atoms with Crippen LogP contribution in [0.15, 0.2) is 69.7 Å². The van der Waals surface area contributed by atoms with Crippen LogP contribution in [0.3, 0.4) is 0 Å². The van der Waals surface area contributed by atoms with Gasteiger partial charge in [-0.25, -0.2) is 8.42 Å². The van der Waals surface area contributed by atoms with Crippen molar-refractivity contribution >= 4 is 27.4 Å². The molecule has 1 aromatic rings. The standard InChI is InChI=1S/C28H39ClO4S/c1-20(16-18-33-23(4)30)14-15-25(29)22(3)19-26(27-21(2)11-10-17-28(27,5)6)34(31,32)24-12-8-7-9-13-24/h7-9,12-13,16,19,25-26H,10-11,14-15,17-18H2,1-6H3/b20-16+,22-19+. The molecule has 0 radical (unpaired) electrons. The highest BCUT2D eigenvalue weighted by Gasteiger charge is 2.39. The van der Waals surface area contributed by atoms with Gasteiger partial charge in [-0.15, -0.1) is 11.6 Å². The summed E-state index contributed by atoms with van der Waals surface area (Å²) in [7, 11) is -3.64. The number of benzene rings is 1. The van der Waals surface area contributed by atoms with Crippen LogP contribution in [0.1, 0.15) is 73.6 Å². The molecule has 0 saturated carbocycles. The number of hydrogen-bond donors (Lipinski definition) is 0. The van der Waals surface area contributed by atoms with Crippen molar-refractivity contribution < 1.29 is 17.9 Å². The first kappa shape index (κ1) is 28.4. The molecule has 4 nitrogen and oxygen atoms in total. The Labute approximate surface area is 211 Å². The number of allylic oxidation sites excluding steroid dienone is 3. The minimum atomic E-state index is -3.64. The van der Waals surface area contributed by atoms with Crippen molar-refractivity contribution in [2.75, 3.05) is 6.61 Å². The number of halogens is 1. The summed E-state index contributed by atoms with van der Waals surface area (Å²) < 4.78 is 32.7. The summed E-state index contributed by atoms with van der Waals surface area (Å²) in [5.74, 6) is -0.307. The molecule has 0 aromatic heterocycles. The Morgan fingerprint density at radius 2 is 1.82 bits per heavy atom. The van der Waals surface area contributed by atoms with Gasteiger partial charge >= 0.3 is 5.97 Å². The van der Waals surface area contributed by atoms with Gasteiger partial charge in [0.25, 0.3) is 0 Å². The van der Waals surface area contributed by atoms with Crippen LogP contribution in [-0.4, -0.2) is 31.6 Å². The van der Waals surface area contributed by atoms with E-state index in [0.29, 0.717) is 11.3 Å². The number of sulfone groups is 1. The van der Waals surface area contributed by atoms with Gasteiger partial charge in [-0.2, -0.15) is 0 Å². The fourth-order valence-electron chi connectivity index (χ4n) is 4.68. The number of rotatable bonds is 10. The van der Waals surface area contributed by atoms with Crippen molar-refractivity contribution in [1.29, 1.82) is 0 Å². The molecule has 0 N–H and O–H groups in total. The molecule has 0 bridgehead atoms. The Morgan fingerprint density at radius 3 is 2.41 bits per heavy atom. The third kappa shape index (κ3) is 7.58. The first-order chi connectivity index (χ1) is 15.9. The highest BCUT2D eigenvalue weighted by molar-refractivity contribution is 7.92. The van der Waals surface area contributed by atoms with E-state index in [0.717, 1.165) is 42.4 Å². The van der Waals surface area contributed by atoms with E-state index in [1.165, 1.54) is 12.5 Å². The molecule has 188 valence electrons. The lowest BCUT2D eigenvalue weighted by Crippen LogP contribution is -2.34. The Morgan fingerprint density at radius 1 is 1.18 bits per heavy atom. The van der Waals surface area contributed by atoms with E-state index in [1.807, 2.05) is 32.1 Å². The number of ether oxygens (including phenoxy) is 1. The van der Waals surface area contributed by atoms with Gasteiger partial charge in [0.05, 0.1) is 10.3 Å². The average molecular weight is 507 g/mol. The van der Waals surface area contributed by atoms with Gasteiger partial charge in [-0.05, 0) is 82.1 Å². The predicted octanol–water partition coefficient (Wildman–Crippen LogP) is 7.20. The van der Waals surface area contributed by atoms with Crippen molar-refractivity contribution in [3.8, 4) is 0 Å². The number of hydrogen-bond acceptors (Lipinski definition) is 4. The molecule has 2 rings (SSSR count). The van der Waals surface area contributed by atoms with E-state index in [1.54, 1.807) is 24.3 Å². The molecular weight excluding hydrogens is 468 g/mol. The van der Waals surface area contributed by atoms with Gasteiger partial charge in [0, 0.05) is 6.92 Å². The molecular formula is C28H39ClO4S. The molecule has 2 atom stereocenters. The lowest BCUT2D eigenvalue weighted by molar-refractivity contribution is -0.139. The Kier molecular flexibility index (Phi) is 10.2. The number of carbonyl (C=O) groups excluding carboxylic acids is 1. The van der Waals surface area contributed by atoms with Crippen molar-refractivity contribution in [1.82, 2.24) is 0 Å². The highest BCUT2D eigenvalue weighted by atomic mass is 35.5. The van der Waals surface area contributed by atoms with E-state index in [2.05, 4.69) is 20.8 Å². The summed E-state index contributed by atoms with van der Waals surface area (Å²) in [5, 5.41) is -1.04. The number of esters is 1. The first-order valence-electron chi connectivity index (χ1n) is 12.0. The predicted molar refractivity (Wildman–Crippen MR) is 141 cm³/mol. The van der Waals surface area contributed by atoms with Crippen LogP contribution in [-0.2, 0) is 19.4 Å². The van der Waals surface area contributed by atoms with Gasteiger partial charge < -0.3 is 4.74 Å². The molecule has 2 unspecified atom stereocenters. The summed E-state index contributed by atoms with van der Waals surface area (Å²) in [5.41, 5.74) is 3.91. The fraction of sp³-hybridized carbons (Fsp3) is 0.536. The van der Waals surface area contributed by atoms with Crippen molar-refractivity contribution in [2.45, 2.75) is 89.2 Å². The van der Waals surface area contributed by atoms with Crippen LogP contribution in [0.5, 0.6) is 0 Å². The van der Waals surface area contributed by atoms with Gasteiger partial charge in [0.2, 0.25) is 0 Å². The monoisotopic (exact) mass is 506 g/mol. The van der Waals surface area contributed by atoms with Crippen LogP contribution < -0.4 is 0 Å². The van der Waals surface area contributed by atoms with Crippen LogP contribution in [0.2, 0.25) is 0 Å². The summed E-state index contributed by atoms with van der Waals surface area (Å²) in [6.07, 6.45) is 8.12. The fourth-order valence-corrected chi connectivity index (χ4v) is 6.92. The third-order valence-corrected chi connectivity index (χ3v) is 9.18. The van der Waals surface area contributed by atoms with Crippen LogP contribution in [0.4, 0.5) is 0 Å². The average Bonchev–Trinajstić information content (AvgIpc) is 2.76. The maximum Gasteiger partial charge on any atom is 0.302 e. The van der Waals surface area contributed by atoms with Crippen LogP contribution in [0, 0.1) is 5.41 Å². The number of alkyl halides is 1. The number of carbonyl (C=O) groups is 1. The lowest BCUT2D eigenvalue weighted by Gasteiger charge is -2.38. The van der Waals surface area contributed by atoms with Crippen LogP contribution in [0.25, 0.3) is 0 Å². The smallest absolute Gasteiger partial charge is 0.302 e. The van der Waals surface area contributed by atoms with E-state index < -0.39 is 15.1 Å². The Bertz CT molecular complexity index is 1050. The summed E-state index contributed by atoms with van der Waals surface area (Å²) in [4.78, 5) is 11.3. The van der Waals surface area contributed by atoms with E-state index in [4.69, 9.17) is 16.3 Å². The van der Waals surface area contributed by atoms with E-state index >= 15 is 0 Å².